The first-order valence-electron chi connectivity index (χ1n) is 11.1. The molecule has 3 rings (SSSR count). The fraction of sp³-hybridized carbons (Fsp3) is 0.400. The molecule has 1 aliphatic heterocycles. The van der Waals surface area contributed by atoms with Crippen LogP contribution < -0.4 is 20.1 Å². The van der Waals surface area contributed by atoms with Crippen molar-refractivity contribution < 1.29 is 23.9 Å². The second-order valence-corrected chi connectivity index (χ2v) is 7.93. The summed E-state index contributed by atoms with van der Waals surface area (Å²) < 4.78 is 10.6. The first-order valence-corrected chi connectivity index (χ1v) is 11.1. The zero-order chi connectivity index (χ0) is 23.6. The highest BCUT2D eigenvalue weighted by Gasteiger charge is 2.27. The molecular formula is C25H31N3O5. The molecule has 0 spiro atoms. The van der Waals surface area contributed by atoms with E-state index < -0.39 is 0 Å². The van der Waals surface area contributed by atoms with E-state index in [1.54, 1.807) is 43.4 Å². The number of hydrogen-bond donors (Lipinski definition) is 2. The molecule has 0 aromatic heterocycles. The van der Waals surface area contributed by atoms with Gasteiger partial charge in [-0.3, -0.25) is 14.4 Å². The SMILES string of the molecule is COc1ccc(CCNC(=O)C2CCN(C(=O)CNC(=O)c3ccccc3)CC2)cc1OC. The Kier molecular flexibility index (Phi) is 8.69. The summed E-state index contributed by atoms with van der Waals surface area (Å²) in [6.07, 6.45) is 1.91. The van der Waals surface area contributed by atoms with Gasteiger partial charge in [0.2, 0.25) is 11.8 Å². The minimum Gasteiger partial charge on any atom is -0.493 e. The van der Waals surface area contributed by atoms with Crippen molar-refractivity contribution in [2.75, 3.05) is 40.4 Å². The molecule has 2 N–H and O–H groups in total. The second kappa shape index (κ2) is 11.9. The fourth-order valence-electron chi connectivity index (χ4n) is 3.86. The van der Waals surface area contributed by atoms with Crippen LogP contribution in [0.1, 0.15) is 28.8 Å². The van der Waals surface area contributed by atoms with Crippen molar-refractivity contribution in [1.29, 1.82) is 0 Å². The third-order valence-corrected chi connectivity index (χ3v) is 5.82. The van der Waals surface area contributed by atoms with Crippen LogP contribution in [0.4, 0.5) is 0 Å². The van der Waals surface area contributed by atoms with Gasteiger partial charge in [-0.25, -0.2) is 0 Å². The summed E-state index contributed by atoms with van der Waals surface area (Å²) in [4.78, 5) is 38.8. The Bertz CT molecular complexity index is 956. The van der Waals surface area contributed by atoms with Gasteiger partial charge in [0.25, 0.3) is 5.91 Å². The molecule has 8 heteroatoms. The molecule has 0 bridgehead atoms. The Morgan fingerprint density at radius 3 is 2.30 bits per heavy atom. The number of carbonyl (C=O) groups is 3. The molecule has 2 aromatic rings. The number of piperidine rings is 1. The molecule has 8 nitrogen and oxygen atoms in total. The van der Waals surface area contributed by atoms with Gasteiger partial charge in [0.15, 0.2) is 11.5 Å². The Morgan fingerprint density at radius 1 is 0.939 bits per heavy atom. The van der Waals surface area contributed by atoms with Gasteiger partial charge in [-0.05, 0) is 49.1 Å². The number of nitrogens with zero attached hydrogens (tertiary/aromatic N) is 1. The lowest BCUT2D eigenvalue weighted by atomic mass is 9.95. The number of ether oxygens (including phenoxy) is 2. The highest BCUT2D eigenvalue weighted by atomic mass is 16.5. The standard InChI is InChI=1S/C25H31N3O5/c1-32-21-9-8-18(16-22(21)33-2)10-13-26-24(30)20-11-14-28(15-12-20)23(29)17-27-25(31)19-6-4-3-5-7-19/h3-9,16,20H,10-15,17H2,1-2H3,(H,26,30)(H,27,31). The van der Waals surface area contributed by atoms with E-state index in [0.717, 1.165) is 5.56 Å². The van der Waals surface area contributed by atoms with Crippen molar-refractivity contribution in [3.05, 3.63) is 59.7 Å². The summed E-state index contributed by atoms with van der Waals surface area (Å²) >= 11 is 0. The van der Waals surface area contributed by atoms with E-state index in [9.17, 15) is 14.4 Å². The predicted octanol–water partition coefficient (Wildman–Crippen LogP) is 2.03. The molecule has 33 heavy (non-hydrogen) atoms. The van der Waals surface area contributed by atoms with Crippen molar-refractivity contribution >= 4 is 17.7 Å². The molecule has 1 heterocycles. The number of rotatable bonds is 9. The molecule has 0 saturated carbocycles. The minimum atomic E-state index is -0.271. The van der Waals surface area contributed by atoms with Crippen LogP contribution in [0.25, 0.3) is 0 Å². The second-order valence-electron chi connectivity index (χ2n) is 7.93. The molecule has 0 radical (unpaired) electrons. The lowest BCUT2D eigenvalue weighted by Gasteiger charge is -2.31. The number of amides is 3. The number of carbonyl (C=O) groups excluding carboxylic acids is 3. The lowest BCUT2D eigenvalue weighted by molar-refractivity contribution is -0.134. The Hall–Kier alpha value is -3.55. The van der Waals surface area contributed by atoms with Crippen LogP contribution >= 0.6 is 0 Å². The summed E-state index contributed by atoms with van der Waals surface area (Å²) in [5, 5.41) is 5.66. The zero-order valence-corrected chi connectivity index (χ0v) is 19.1. The highest BCUT2D eigenvalue weighted by Crippen LogP contribution is 2.27. The van der Waals surface area contributed by atoms with Crippen LogP contribution in [0.3, 0.4) is 0 Å². The largest absolute Gasteiger partial charge is 0.493 e. The summed E-state index contributed by atoms with van der Waals surface area (Å²) in [5.41, 5.74) is 1.57. The molecule has 0 unspecified atom stereocenters. The third-order valence-electron chi connectivity index (χ3n) is 5.82. The monoisotopic (exact) mass is 453 g/mol. The van der Waals surface area contributed by atoms with Gasteiger partial charge in [0.05, 0.1) is 20.8 Å². The number of nitrogens with one attached hydrogen (secondary N) is 2. The Morgan fingerprint density at radius 2 is 1.64 bits per heavy atom. The van der Waals surface area contributed by atoms with Crippen molar-refractivity contribution in [3.63, 3.8) is 0 Å². The molecule has 1 aliphatic rings. The normalized spacial score (nSPS) is 13.8. The van der Waals surface area contributed by atoms with Crippen molar-refractivity contribution in [2.24, 2.45) is 5.92 Å². The fourth-order valence-corrected chi connectivity index (χ4v) is 3.86. The summed E-state index contributed by atoms with van der Waals surface area (Å²) in [6, 6.07) is 14.5. The van der Waals surface area contributed by atoms with Crippen molar-refractivity contribution in [3.8, 4) is 11.5 Å². The Balaban J connectivity index is 1.37. The van der Waals surface area contributed by atoms with E-state index in [1.807, 2.05) is 24.3 Å². The van der Waals surface area contributed by atoms with Gasteiger partial charge in [-0.2, -0.15) is 0 Å². The molecule has 3 amide bonds. The summed E-state index contributed by atoms with van der Waals surface area (Å²) in [7, 11) is 3.19. The maximum atomic E-state index is 12.5. The van der Waals surface area contributed by atoms with Gasteiger partial charge in [-0.1, -0.05) is 24.3 Å². The number of likely N-dealkylation sites (tertiary alicyclic amines) is 1. The molecule has 1 fully saturated rings. The molecular weight excluding hydrogens is 422 g/mol. The molecule has 1 saturated heterocycles. The van der Waals surface area contributed by atoms with E-state index in [0.29, 0.717) is 56.0 Å². The molecule has 0 aliphatic carbocycles. The van der Waals surface area contributed by atoms with Crippen LogP contribution in [-0.4, -0.2) is 63.0 Å². The van der Waals surface area contributed by atoms with E-state index >= 15 is 0 Å². The summed E-state index contributed by atoms with van der Waals surface area (Å²) in [5.74, 6) is 0.835. The average molecular weight is 454 g/mol. The highest BCUT2D eigenvalue weighted by molar-refractivity contribution is 5.96. The lowest BCUT2D eigenvalue weighted by Crippen LogP contribution is -2.46. The van der Waals surface area contributed by atoms with E-state index in [-0.39, 0.29) is 30.2 Å². The quantitative estimate of drug-likeness (QED) is 0.606. The van der Waals surface area contributed by atoms with Gasteiger partial charge < -0.3 is 25.0 Å². The van der Waals surface area contributed by atoms with Gasteiger partial charge in [-0.15, -0.1) is 0 Å². The maximum absolute atomic E-state index is 12.5. The average Bonchev–Trinajstić information content (AvgIpc) is 2.87. The maximum Gasteiger partial charge on any atom is 0.251 e. The van der Waals surface area contributed by atoms with E-state index in [4.69, 9.17) is 9.47 Å². The van der Waals surface area contributed by atoms with Crippen LogP contribution in [-0.2, 0) is 16.0 Å². The van der Waals surface area contributed by atoms with Crippen LogP contribution in [0.5, 0.6) is 11.5 Å². The number of methoxy groups -OCH3 is 2. The van der Waals surface area contributed by atoms with Gasteiger partial charge >= 0.3 is 0 Å². The van der Waals surface area contributed by atoms with E-state index in [1.165, 1.54) is 0 Å². The first-order chi connectivity index (χ1) is 16.0. The van der Waals surface area contributed by atoms with Crippen molar-refractivity contribution in [2.45, 2.75) is 19.3 Å². The number of hydrogen-bond acceptors (Lipinski definition) is 5. The minimum absolute atomic E-state index is 0.0138. The van der Waals surface area contributed by atoms with Crippen LogP contribution in [0.15, 0.2) is 48.5 Å². The smallest absolute Gasteiger partial charge is 0.251 e. The molecule has 0 atom stereocenters. The topological polar surface area (TPSA) is 97.0 Å². The number of benzene rings is 2. The predicted molar refractivity (Wildman–Crippen MR) is 124 cm³/mol. The van der Waals surface area contributed by atoms with Crippen LogP contribution in [0.2, 0.25) is 0 Å². The first kappa shape index (κ1) is 24.1. The molecule has 176 valence electrons. The molecule has 2 aromatic carbocycles. The van der Waals surface area contributed by atoms with Gasteiger partial charge in [0.1, 0.15) is 0 Å². The zero-order valence-electron chi connectivity index (χ0n) is 19.1. The third kappa shape index (κ3) is 6.71. The van der Waals surface area contributed by atoms with Gasteiger partial charge in [0, 0.05) is 31.1 Å². The summed E-state index contributed by atoms with van der Waals surface area (Å²) in [6.45, 7) is 1.50. The van der Waals surface area contributed by atoms with E-state index in [2.05, 4.69) is 10.6 Å². The Labute approximate surface area is 194 Å². The van der Waals surface area contributed by atoms with Crippen molar-refractivity contribution in [1.82, 2.24) is 15.5 Å². The van der Waals surface area contributed by atoms with Crippen LogP contribution in [0, 0.1) is 5.92 Å².